The number of nitrogens with one attached hydrogen (secondary N) is 1. The average Bonchev–Trinajstić information content (AvgIpc) is 3.33. The number of urea groups is 1. The quantitative estimate of drug-likeness (QED) is 0.523. The highest BCUT2D eigenvalue weighted by molar-refractivity contribution is 5.84. The maximum atomic E-state index is 12.8. The fourth-order valence-electron chi connectivity index (χ4n) is 4.91. The lowest BCUT2D eigenvalue weighted by Gasteiger charge is -2.39. The Bertz CT molecular complexity index is 1380. The molecule has 9 nitrogen and oxygen atoms in total. The summed E-state index contributed by atoms with van der Waals surface area (Å²) in [5, 5.41) is 16.9. The van der Waals surface area contributed by atoms with Gasteiger partial charge in [-0.25, -0.2) is 4.79 Å². The number of ketones is 1. The van der Waals surface area contributed by atoms with Gasteiger partial charge in [0.05, 0.1) is 23.6 Å². The van der Waals surface area contributed by atoms with Gasteiger partial charge in [-0.05, 0) is 69.4 Å². The summed E-state index contributed by atoms with van der Waals surface area (Å²) in [5.74, 6) is 1.37. The Kier molecular flexibility index (Phi) is 6.66. The zero-order valence-corrected chi connectivity index (χ0v) is 21.2. The smallest absolute Gasteiger partial charge is 0.317 e. The van der Waals surface area contributed by atoms with Crippen molar-refractivity contribution in [2.24, 2.45) is 5.92 Å². The van der Waals surface area contributed by atoms with Crippen molar-refractivity contribution in [3.8, 4) is 34.7 Å². The minimum Gasteiger partial charge on any atom is -0.490 e. The van der Waals surface area contributed by atoms with Crippen LogP contribution in [0.4, 0.5) is 4.79 Å². The molecule has 0 bridgehead atoms. The third-order valence-electron chi connectivity index (χ3n) is 6.93. The number of aromatic nitrogens is 2. The molecule has 1 N–H and O–H groups in total. The molecule has 1 aromatic heterocycles. The topological polar surface area (TPSA) is 121 Å². The maximum absolute atomic E-state index is 12.8. The van der Waals surface area contributed by atoms with Crippen molar-refractivity contribution < 1.29 is 18.8 Å². The van der Waals surface area contributed by atoms with Crippen molar-refractivity contribution in [2.75, 3.05) is 13.1 Å². The Morgan fingerprint density at radius 1 is 1.24 bits per heavy atom. The van der Waals surface area contributed by atoms with Crippen molar-refractivity contribution in [3.63, 3.8) is 0 Å². The largest absolute Gasteiger partial charge is 0.490 e. The molecular formula is C28H29N5O4. The minimum atomic E-state index is -0.138. The number of carbonyl (C=O) groups is 2. The molecule has 9 heteroatoms. The molecule has 0 spiro atoms. The van der Waals surface area contributed by atoms with Gasteiger partial charge in [-0.2, -0.15) is 10.2 Å². The molecule has 5 rings (SSSR count). The van der Waals surface area contributed by atoms with Crippen LogP contribution in [-0.4, -0.2) is 46.0 Å². The van der Waals surface area contributed by atoms with Crippen molar-refractivity contribution in [1.29, 1.82) is 5.26 Å². The Labute approximate surface area is 215 Å². The number of carbonyl (C=O) groups excluding carboxylic acids is 2. The molecule has 2 heterocycles. The van der Waals surface area contributed by atoms with Gasteiger partial charge in [0.25, 0.3) is 5.89 Å². The Morgan fingerprint density at radius 2 is 2.05 bits per heavy atom. The first-order valence-corrected chi connectivity index (χ1v) is 12.6. The number of nitrogens with zero attached hydrogens (tertiary/aromatic N) is 4. The van der Waals surface area contributed by atoms with Crippen LogP contribution >= 0.6 is 0 Å². The first kappa shape index (κ1) is 24.5. The first-order chi connectivity index (χ1) is 17.8. The summed E-state index contributed by atoms with van der Waals surface area (Å²) in [5.41, 5.74) is 4.05. The zero-order chi connectivity index (χ0) is 26.1. The number of benzene rings is 2. The lowest BCUT2D eigenvalue weighted by Crippen LogP contribution is -2.56. The standard InChI is InChI=1S/C28H29N5O4/c1-16(2)36-25-11-10-18(12-19(25)13-29)27-31-26(32-37-27)23-8-4-7-22-21(23)6-5-9-24(22)30-28(35)33-14-20(15-33)17(3)34/h4,7-8,10-12,16,20,24H,5-6,9,14-15H2,1-3H3,(H,30,35)/t24-/m0/s1. The van der Waals surface area contributed by atoms with Gasteiger partial charge in [0.1, 0.15) is 17.6 Å². The molecule has 0 saturated carbocycles. The highest BCUT2D eigenvalue weighted by atomic mass is 16.5. The van der Waals surface area contributed by atoms with Crippen LogP contribution in [0.3, 0.4) is 0 Å². The van der Waals surface area contributed by atoms with Gasteiger partial charge in [-0.3, -0.25) is 4.79 Å². The molecule has 190 valence electrons. The number of rotatable bonds is 6. The van der Waals surface area contributed by atoms with Gasteiger partial charge >= 0.3 is 6.03 Å². The van der Waals surface area contributed by atoms with Crippen LogP contribution in [0.1, 0.15) is 56.3 Å². The van der Waals surface area contributed by atoms with E-state index in [9.17, 15) is 14.9 Å². The Balaban J connectivity index is 1.37. The molecular weight excluding hydrogens is 470 g/mol. The van der Waals surface area contributed by atoms with Crippen LogP contribution in [0.25, 0.3) is 22.8 Å². The van der Waals surface area contributed by atoms with Gasteiger partial charge in [-0.15, -0.1) is 0 Å². The van der Waals surface area contributed by atoms with E-state index in [1.807, 2.05) is 32.0 Å². The van der Waals surface area contributed by atoms with E-state index in [1.165, 1.54) is 0 Å². The molecule has 2 amide bonds. The predicted octanol–water partition coefficient (Wildman–Crippen LogP) is 4.67. The zero-order valence-electron chi connectivity index (χ0n) is 21.2. The third-order valence-corrected chi connectivity index (χ3v) is 6.93. The van der Waals surface area contributed by atoms with E-state index in [-0.39, 0.29) is 29.9 Å². The highest BCUT2D eigenvalue weighted by Gasteiger charge is 2.35. The SMILES string of the molecule is CC(=O)C1CN(C(=O)N[C@H]2CCCc3c(-c4noc(-c5ccc(OC(C)C)c(C#N)c5)n4)cccc32)C1. The van der Waals surface area contributed by atoms with Gasteiger partial charge in [0.15, 0.2) is 0 Å². The van der Waals surface area contributed by atoms with E-state index >= 15 is 0 Å². The number of likely N-dealkylation sites (tertiary alicyclic amines) is 1. The summed E-state index contributed by atoms with van der Waals surface area (Å²) in [6.07, 6.45) is 2.55. The molecule has 1 saturated heterocycles. The summed E-state index contributed by atoms with van der Waals surface area (Å²) in [6.45, 7) is 6.34. The van der Waals surface area contributed by atoms with E-state index in [1.54, 1.807) is 30.0 Å². The summed E-state index contributed by atoms with van der Waals surface area (Å²) in [7, 11) is 0. The van der Waals surface area contributed by atoms with Gasteiger partial charge in [-0.1, -0.05) is 23.4 Å². The van der Waals surface area contributed by atoms with E-state index in [0.29, 0.717) is 41.7 Å². The third kappa shape index (κ3) is 4.92. The molecule has 1 atom stereocenters. The molecule has 1 aliphatic heterocycles. The Morgan fingerprint density at radius 3 is 2.78 bits per heavy atom. The molecule has 0 unspecified atom stereocenters. The second kappa shape index (κ2) is 10.1. The fraction of sp³-hybridized carbons (Fsp3) is 0.393. The van der Waals surface area contributed by atoms with Crippen molar-refractivity contribution in [2.45, 2.75) is 52.2 Å². The predicted molar refractivity (Wildman–Crippen MR) is 136 cm³/mol. The van der Waals surface area contributed by atoms with Crippen LogP contribution in [0, 0.1) is 17.2 Å². The van der Waals surface area contributed by atoms with Crippen LogP contribution in [0.2, 0.25) is 0 Å². The van der Waals surface area contributed by atoms with Crippen LogP contribution in [-0.2, 0) is 11.2 Å². The normalized spacial score (nSPS) is 17.1. The number of fused-ring (bicyclic) bond motifs is 1. The van der Waals surface area contributed by atoms with E-state index in [4.69, 9.17) is 9.26 Å². The molecule has 37 heavy (non-hydrogen) atoms. The van der Waals surface area contributed by atoms with Crippen molar-refractivity contribution >= 4 is 11.8 Å². The first-order valence-electron chi connectivity index (χ1n) is 12.6. The highest BCUT2D eigenvalue weighted by Crippen LogP contribution is 2.36. The molecule has 2 aliphatic rings. The number of amides is 2. The number of hydrogen-bond acceptors (Lipinski definition) is 7. The molecule has 2 aromatic carbocycles. The lowest BCUT2D eigenvalue weighted by molar-refractivity contribution is -0.124. The summed E-state index contributed by atoms with van der Waals surface area (Å²) < 4.78 is 11.3. The van der Waals surface area contributed by atoms with E-state index in [0.717, 1.165) is 36.0 Å². The van der Waals surface area contributed by atoms with E-state index < -0.39 is 0 Å². The number of Topliss-reactive ketones (excluding diaryl/α,β-unsaturated/α-hetero) is 1. The molecule has 1 fully saturated rings. The van der Waals surface area contributed by atoms with Crippen LogP contribution < -0.4 is 10.1 Å². The number of hydrogen-bond donors (Lipinski definition) is 1. The summed E-state index contributed by atoms with van der Waals surface area (Å²) >= 11 is 0. The maximum Gasteiger partial charge on any atom is 0.317 e. The fourth-order valence-corrected chi connectivity index (χ4v) is 4.91. The second-order valence-electron chi connectivity index (χ2n) is 9.89. The summed E-state index contributed by atoms with van der Waals surface area (Å²) in [4.78, 5) is 30.6. The minimum absolute atomic E-state index is 0.0470. The van der Waals surface area contributed by atoms with E-state index in [2.05, 4.69) is 21.5 Å². The van der Waals surface area contributed by atoms with Crippen LogP contribution in [0.5, 0.6) is 5.75 Å². The Hall–Kier alpha value is -4.19. The molecule has 1 aliphatic carbocycles. The molecule has 0 radical (unpaired) electrons. The van der Waals surface area contributed by atoms with Gasteiger partial charge < -0.3 is 19.5 Å². The average molecular weight is 500 g/mol. The van der Waals surface area contributed by atoms with Gasteiger partial charge in [0, 0.05) is 24.2 Å². The molecule has 3 aromatic rings. The lowest BCUT2D eigenvalue weighted by atomic mass is 9.84. The number of ether oxygens (including phenoxy) is 1. The van der Waals surface area contributed by atoms with Crippen molar-refractivity contribution in [1.82, 2.24) is 20.4 Å². The number of nitriles is 1. The van der Waals surface area contributed by atoms with Crippen LogP contribution in [0.15, 0.2) is 40.9 Å². The second-order valence-corrected chi connectivity index (χ2v) is 9.89. The van der Waals surface area contributed by atoms with Gasteiger partial charge in [0.2, 0.25) is 5.82 Å². The monoisotopic (exact) mass is 499 g/mol. The van der Waals surface area contributed by atoms with Crippen molar-refractivity contribution in [3.05, 3.63) is 53.1 Å². The summed E-state index contributed by atoms with van der Waals surface area (Å²) in [6, 6.07) is 13.1.